The molecule has 1 aliphatic rings. The van der Waals surface area contributed by atoms with E-state index in [0.29, 0.717) is 16.2 Å². The van der Waals surface area contributed by atoms with E-state index in [9.17, 15) is 15.2 Å². The molecule has 1 N–H and O–H groups in total. The fourth-order valence-corrected chi connectivity index (χ4v) is 2.16. The van der Waals surface area contributed by atoms with Crippen LogP contribution in [0, 0.1) is 16.0 Å². The van der Waals surface area contributed by atoms with Crippen LogP contribution >= 0.6 is 11.6 Å². The molecule has 0 fully saturated rings. The number of non-ortho nitro benzene ring substituents is 1. The van der Waals surface area contributed by atoms with Gasteiger partial charge in [-0.25, -0.2) is 0 Å². The summed E-state index contributed by atoms with van der Waals surface area (Å²) in [6, 6.07) is 4.05. The molecule has 0 spiro atoms. The van der Waals surface area contributed by atoms with Gasteiger partial charge in [0.05, 0.1) is 4.92 Å². The number of nitro groups is 1. The van der Waals surface area contributed by atoms with Gasteiger partial charge in [-0.3, -0.25) is 10.1 Å². The first-order valence-electron chi connectivity index (χ1n) is 6.17. The van der Waals surface area contributed by atoms with Crippen LogP contribution in [0.1, 0.15) is 18.6 Å². The monoisotopic (exact) mass is 291 g/mol. The SMILES string of the molecule is CC1C=CC=C(C(O)c2cc([N+](=O)[O-])ccc2Cl)C=C1. The molecule has 0 saturated heterocycles. The number of nitro benzene ring substituents is 1. The quantitative estimate of drug-likeness (QED) is 0.677. The van der Waals surface area contributed by atoms with Crippen molar-refractivity contribution in [3.8, 4) is 0 Å². The number of rotatable bonds is 3. The van der Waals surface area contributed by atoms with Crippen molar-refractivity contribution in [3.05, 3.63) is 74.9 Å². The number of allylic oxidation sites excluding steroid dienone is 4. The molecular weight excluding hydrogens is 278 g/mol. The van der Waals surface area contributed by atoms with Gasteiger partial charge in [-0.05, 0) is 17.6 Å². The van der Waals surface area contributed by atoms with Crippen molar-refractivity contribution in [1.82, 2.24) is 0 Å². The van der Waals surface area contributed by atoms with Crippen LogP contribution in [0.25, 0.3) is 0 Å². The second kappa shape index (κ2) is 6.03. The number of hydrogen-bond acceptors (Lipinski definition) is 3. The van der Waals surface area contributed by atoms with E-state index >= 15 is 0 Å². The van der Waals surface area contributed by atoms with Crippen molar-refractivity contribution in [2.24, 2.45) is 5.92 Å². The van der Waals surface area contributed by atoms with Gasteiger partial charge in [0.15, 0.2) is 0 Å². The van der Waals surface area contributed by atoms with Crippen LogP contribution < -0.4 is 0 Å². The van der Waals surface area contributed by atoms with E-state index in [-0.39, 0.29) is 11.6 Å². The molecule has 0 amide bonds. The molecule has 0 heterocycles. The standard InChI is InChI=1S/C15H14ClNO3/c1-10-3-2-4-11(6-5-10)15(18)13-9-12(17(19)20)7-8-14(13)16/h2-10,15,18H,1H3. The molecule has 0 aromatic heterocycles. The van der Waals surface area contributed by atoms with Crippen molar-refractivity contribution in [1.29, 1.82) is 0 Å². The van der Waals surface area contributed by atoms with Gasteiger partial charge in [0.25, 0.3) is 5.69 Å². The van der Waals surface area contributed by atoms with Gasteiger partial charge < -0.3 is 5.11 Å². The molecule has 5 heteroatoms. The normalized spacial score (nSPS) is 19.4. The van der Waals surface area contributed by atoms with E-state index in [2.05, 4.69) is 0 Å². The topological polar surface area (TPSA) is 63.4 Å². The van der Waals surface area contributed by atoms with Gasteiger partial charge in [-0.2, -0.15) is 0 Å². The summed E-state index contributed by atoms with van der Waals surface area (Å²) in [6.07, 6.45) is 8.39. The molecule has 0 aliphatic heterocycles. The Morgan fingerprint density at radius 3 is 2.85 bits per heavy atom. The molecule has 1 aromatic rings. The highest BCUT2D eigenvalue weighted by Crippen LogP contribution is 2.32. The van der Waals surface area contributed by atoms with Gasteiger partial charge >= 0.3 is 0 Å². The Morgan fingerprint density at radius 2 is 2.15 bits per heavy atom. The highest BCUT2D eigenvalue weighted by atomic mass is 35.5. The van der Waals surface area contributed by atoms with Crippen molar-refractivity contribution < 1.29 is 10.0 Å². The number of benzene rings is 1. The van der Waals surface area contributed by atoms with E-state index in [1.165, 1.54) is 18.2 Å². The molecule has 0 bridgehead atoms. The summed E-state index contributed by atoms with van der Waals surface area (Å²) in [7, 11) is 0. The minimum absolute atomic E-state index is 0.0921. The molecule has 2 rings (SSSR count). The van der Waals surface area contributed by atoms with Crippen LogP contribution in [-0.4, -0.2) is 10.0 Å². The Morgan fingerprint density at radius 1 is 1.40 bits per heavy atom. The van der Waals surface area contributed by atoms with Gasteiger partial charge in [0, 0.05) is 22.7 Å². The maximum Gasteiger partial charge on any atom is 0.269 e. The Bertz CT molecular complexity index is 620. The summed E-state index contributed by atoms with van der Waals surface area (Å²) < 4.78 is 0. The zero-order valence-electron chi connectivity index (χ0n) is 10.9. The van der Waals surface area contributed by atoms with Crippen molar-refractivity contribution in [2.45, 2.75) is 13.0 Å². The minimum Gasteiger partial charge on any atom is -0.384 e. The summed E-state index contributed by atoms with van der Waals surface area (Å²) in [4.78, 5) is 10.3. The van der Waals surface area contributed by atoms with Crippen LogP contribution in [0.15, 0.2) is 54.2 Å². The molecule has 104 valence electrons. The summed E-state index contributed by atoms with van der Waals surface area (Å²) in [5.41, 5.74) is 0.887. The second-order valence-corrected chi connectivity index (χ2v) is 5.04. The molecule has 1 aliphatic carbocycles. The summed E-state index contributed by atoms with van der Waals surface area (Å²) >= 11 is 6.03. The van der Waals surface area contributed by atoms with Gasteiger partial charge in [-0.1, -0.05) is 48.9 Å². The first-order chi connectivity index (χ1) is 9.49. The predicted molar refractivity (Wildman–Crippen MR) is 78.6 cm³/mol. The molecule has 0 saturated carbocycles. The zero-order chi connectivity index (χ0) is 14.7. The maximum absolute atomic E-state index is 10.8. The minimum atomic E-state index is -0.992. The summed E-state index contributed by atoms with van der Waals surface area (Å²) in [6.45, 7) is 2.02. The van der Waals surface area contributed by atoms with Crippen LogP contribution in [-0.2, 0) is 0 Å². The first-order valence-corrected chi connectivity index (χ1v) is 6.55. The lowest BCUT2D eigenvalue weighted by Gasteiger charge is -2.13. The van der Waals surface area contributed by atoms with Gasteiger partial charge in [-0.15, -0.1) is 0 Å². The molecule has 2 atom stereocenters. The van der Waals surface area contributed by atoms with E-state index < -0.39 is 11.0 Å². The average molecular weight is 292 g/mol. The first kappa shape index (κ1) is 14.5. The van der Waals surface area contributed by atoms with E-state index in [4.69, 9.17) is 11.6 Å². The molecule has 2 unspecified atom stereocenters. The second-order valence-electron chi connectivity index (χ2n) is 4.64. The Kier molecular flexibility index (Phi) is 4.37. The molecule has 4 nitrogen and oxygen atoms in total. The maximum atomic E-state index is 10.8. The fraction of sp³-hybridized carbons (Fsp3) is 0.200. The predicted octanol–water partition coefficient (Wildman–Crippen LogP) is 3.97. The fourth-order valence-electron chi connectivity index (χ4n) is 1.94. The van der Waals surface area contributed by atoms with Gasteiger partial charge in [0.2, 0.25) is 0 Å². The highest BCUT2D eigenvalue weighted by molar-refractivity contribution is 6.31. The van der Waals surface area contributed by atoms with Crippen molar-refractivity contribution >= 4 is 17.3 Å². The molecular formula is C15H14ClNO3. The lowest BCUT2D eigenvalue weighted by molar-refractivity contribution is -0.385. The highest BCUT2D eigenvalue weighted by Gasteiger charge is 2.19. The Balaban J connectivity index is 2.38. The third kappa shape index (κ3) is 3.15. The zero-order valence-corrected chi connectivity index (χ0v) is 11.6. The summed E-state index contributed by atoms with van der Waals surface area (Å²) in [5, 5.41) is 21.5. The third-order valence-electron chi connectivity index (χ3n) is 3.10. The van der Waals surface area contributed by atoms with Gasteiger partial charge in [0.1, 0.15) is 6.10 Å². The van der Waals surface area contributed by atoms with E-state index in [1.54, 1.807) is 6.08 Å². The molecule has 1 aromatic carbocycles. The Labute approximate surface area is 121 Å². The lowest BCUT2D eigenvalue weighted by Crippen LogP contribution is -2.02. The smallest absolute Gasteiger partial charge is 0.269 e. The lowest BCUT2D eigenvalue weighted by atomic mass is 10.00. The van der Waals surface area contributed by atoms with E-state index in [0.717, 1.165) is 0 Å². The van der Waals surface area contributed by atoms with Crippen LogP contribution in [0.4, 0.5) is 5.69 Å². The summed E-state index contributed by atoms with van der Waals surface area (Å²) in [5.74, 6) is 0.275. The Hall–Kier alpha value is -1.91. The van der Waals surface area contributed by atoms with Crippen LogP contribution in [0.3, 0.4) is 0 Å². The van der Waals surface area contributed by atoms with Crippen LogP contribution in [0.5, 0.6) is 0 Å². The molecule has 0 radical (unpaired) electrons. The van der Waals surface area contributed by atoms with Crippen molar-refractivity contribution in [2.75, 3.05) is 0 Å². The number of halogens is 1. The number of hydrogen-bond donors (Lipinski definition) is 1. The third-order valence-corrected chi connectivity index (χ3v) is 3.44. The van der Waals surface area contributed by atoms with Crippen LogP contribution in [0.2, 0.25) is 5.02 Å². The number of aliphatic hydroxyl groups is 1. The van der Waals surface area contributed by atoms with Crippen molar-refractivity contribution in [3.63, 3.8) is 0 Å². The van der Waals surface area contributed by atoms with E-state index in [1.807, 2.05) is 31.2 Å². The largest absolute Gasteiger partial charge is 0.384 e. The molecule has 20 heavy (non-hydrogen) atoms. The number of aliphatic hydroxyl groups excluding tert-OH is 1. The average Bonchev–Trinajstić information content (AvgIpc) is 2.63. The number of nitrogens with zero attached hydrogens (tertiary/aromatic N) is 1.